The van der Waals surface area contributed by atoms with E-state index in [1.165, 1.54) is 11.1 Å². The standard InChI is InChI=1S/C13H20O/c1-6-10-9(2)12(14)8-7-11(10)13(3,4)5/h7-8,14H,6H2,1-5H3. The minimum atomic E-state index is 0.157. The Balaban J connectivity index is 3.39. The summed E-state index contributed by atoms with van der Waals surface area (Å²) in [5, 5.41) is 9.62. The molecule has 78 valence electrons. The van der Waals surface area contributed by atoms with Crippen molar-refractivity contribution in [2.75, 3.05) is 0 Å². The van der Waals surface area contributed by atoms with E-state index in [0.717, 1.165) is 12.0 Å². The van der Waals surface area contributed by atoms with Gasteiger partial charge in [-0.25, -0.2) is 0 Å². The van der Waals surface area contributed by atoms with Crippen LogP contribution in [-0.4, -0.2) is 5.11 Å². The molecule has 0 amide bonds. The Morgan fingerprint density at radius 1 is 1.21 bits per heavy atom. The predicted octanol–water partition coefficient (Wildman–Crippen LogP) is 3.56. The van der Waals surface area contributed by atoms with Gasteiger partial charge < -0.3 is 5.11 Å². The summed E-state index contributed by atoms with van der Waals surface area (Å²) in [6.07, 6.45) is 0.979. The molecule has 0 aliphatic carbocycles. The lowest BCUT2D eigenvalue weighted by Crippen LogP contribution is -2.14. The highest BCUT2D eigenvalue weighted by Crippen LogP contribution is 2.32. The molecule has 14 heavy (non-hydrogen) atoms. The van der Waals surface area contributed by atoms with E-state index < -0.39 is 0 Å². The Morgan fingerprint density at radius 2 is 1.79 bits per heavy atom. The maximum Gasteiger partial charge on any atom is 0.118 e. The van der Waals surface area contributed by atoms with Gasteiger partial charge in [-0.3, -0.25) is 0 Å². The van der Waals surface area contributed by atoms with Gasteiger partial charge in [0, 0.05) is 0 Å². The number of phenols is 1. The van der Waals surface area contributed by atoms with Crippen molar-refractivity contribution in [3.05, 3.63) is 28.8 Å². The largest absolute Gasteiger partial charge is 0.508 e. The molecule has 0 heterocycles. The van der Waals surface area contributed by atoms with E-state index in [0.29, 0.717) is 5.75 Å². The van der Waals surface area contributed by atoms with E-state index in [1.807, 2.05) is 13.0 Å². The molecule has 0 unspecified atom stereocenters. The molecule has 0 fully saturated rings. The summed E-state index contributed by atoms with van der Waals surface area (Å²) in [5.41, 5.74) is 3.82. The second-order valence-electron chi connectivity index (χ2n) is 4.84. The lowest BCUT2D eigenvalue weighted by Gasteiger charge is -2.24. The summed E-state index contributed by atoms with van der Waals surface area (Å²) in [6, 6.07) is 3.84. The number of phenolic OH excluding ortho intramolecular Hbond substituents is 1. The van der Waals surface area contributed by atoms with Gasteiger partial charge in [0.05, 0.1) is 0 Å². The van der Waals surface area contributed by atoms with E-state index in [-0.39, 0.29) is 5.41 Å². The molecule has 1 heteroatoms. The lowest BCUT2D eigenvalue weighted by molar-refractivity contribution is 0.468. The van der Waals surface area contributed by atoms with Gasteiger partial charge in [0.1, 0.15) is 5.75 Å². The lowest BCUT2D eigenvalue weighted by atomic mass is 9.81. The zero-order valence-corrected chi connectivity index (χ0v) is 9.81. The maximum atomic E-state index is 9.62. The van der Waals surface area contributed by atoms with Crippen molar-refractivity contribution in [1.82, 2.24) is 0 Å². The molecule has 1 nitrogen and oxygen atoms in total. The van der Waals surface area contributed by atoms with Gasteiger partial charge in [-0.1, -0.05) is 33.8 Å². The third-order valence-corrected chi connectivity index (χ3v) is 2.73. The van der Waals surface area contributed by atoms with E-state index in [1.54, 1.807) is 6.07 Å². The van der Waals surface area contributed by atoms with E-state index in [4.69, 9.17) is 0 Å². The number of hydrogen-bond acceptors (Lipinski definition) is 1. The molecule has 0 aromatic heterocycles. The van der Waals surface area contributed by atoms with Gasteiger partial charge in [0.25, 0.3) is 0 Å². The van der Waals surface area contributed by atoms with Crippen molar-refractivity contribution < 1.29 is 5.11 Å². The summed E-state index contributed by atoms with van der Waals surface area (Å²) < 4.78 is 0. The Labute approximate surface area is 86.8 Å². The first-order valence-electron chi connectivity index (χ1n) is 5.19. The predicted molar refractivity (Wildman–Crippen MR) is 60.9 cm³/mol. The molecule has 1 rings (SSSR count). The van der Waals surface area contributed by atoms with Crippen molar-refractivity contribution in [1.29, 1.82) is 0 Å². The zero-order valence-electron chi connectivity index (χ0n) is 9.81. The summed E-state index contributed by atoms with van der Waals surface area (Å²) in [7, 11) is 0. The zero-order chi connectivity index (χ0) is 10.9. The highest BCUT2D eigenvalue weighted by molar-refractivity contribution is 5.46. The van der Waals surface area contributed by atoms with Gasteiger partial charge in [-0.2, -0.15) is 0 Å². The average molecular weight is 192 g/mol. The van der Waals surface area contributed by atoms with Crippen molar-refractivity contribution >= 4 is 0 Å². The molecule has 0 aliphatic heterocycles. The molecule has 1 aromatic carbocycles. The van der Waals surface area contributed by atoms with E-state index in [9.17, 15) is 5.11 Å². The van der Waals surface area contributed by atoms with Crippen molar-refractivity contribution in [2.45, 2.75) is 46.5 Å². The molecule has 1 aromatic rings. The quantitative estimate of drug-likeness (QED) is 0.721. The van der Waals surface area contributed by atoms with Crippen LogP contribution >= 0.6 is 0 Å². The second kappa shape index (κ2) is 3.64. The Kier molecular flexibility index (Phi) is 2.89. The Morgan fingerprint density at radius 3 is 2.21 bits per heavy atom. The third kappa shape index (κ3) is 1.92. The molecule has 0 aliphatic rings. The van der Waals surface area contributed by atoms with Gasteiger partial charge in [0.2, 0.25) is 0 Å². The third-order valence-electron chi connectivity index (χ3n) is 2.73. The monoisotopic (exact) mass is 192 g/mol. The van der Waals surface area contributed by atoms with E-state index >= 15 is 0 Å². The minimum Gasteiger partial charge on any atom is -0.508 e. The van der Waals surface area contributed by atoms with Crippen molar-refractivity contribution in [3.63, 3.8) is 0 Å². The first kappa shape index (κ1) is 11.1. The summed E-state index contributed by atoms with van der Waals surface area (Å²) in [6.45, 7) is 10.7. The average Bonchev–Trinajstić information content (AvgIpc) is 2.07. The fourth-order valence-corrected chi connectivity index (χ4v) is 1.90. The molecular weight excluding hydrogens is 172 g/mol. The van der Waals surface area contributed by atoms with Gasteiger partial charge in [-0.15, -0.1) is 0 Å². The van der Waals surface area contributed by atoms with Crippen LogP contribution in [0.25, 0.3) is 0 Å². The van der Waals surface area contributed by atoms with Crippen LogP contribution in [0.4, 0.5) is 0 Å². The minimum absolute atomic E-state index is 0.157. The highest BCUT2D eigenvalue weighted by atomic mass is 16.3. The molecule has 0 saturated heterocycles. The van der Waals surface area contributed by atoms with Crippen LogP contribution in [0.15, 0.2) is 12.1 Å². The van der Waals surface area contributed by atoms with Crippen LogP contribution < -0.4 is 0 Å². The summed E-state index contributed by atoms with van der Waals surface area (Å²) >= 11 is 0. The van der Waals surface area contributed by atoms with Gasteiger partial charge in [0.15, 0.2) is 0 Å². The number of benzene rings is 1. The first-order valence-corrected chi connectivity index (χ1v) is 5.19. The molecule has 0 bridgehead atoms. The summed E-state index contributed by atoms with van der Waals surface area (Å²) in [4.78, 5) is 0. The molecule has 0 saturated carbocycles. The fourth-order valence-electron chi connectivity index (χ4n) is 1.90. The van der Waals surface area contributed by atoms with Crippen LogP contribution in [0.5, 0.6) is 5.75 Å². The molecule has 1 N–H and O–H groups in total. The number of aromatic hydroxyl groups is 1. The molecule has 0 radical (unpaired) electrons. The normalized spacial score (nSPS) is 11.8. The maximum absolute atomic E-state index is 9.62. The smallest absolute Gasteiger partial charge is 0.118 e. The molecule has 0 spiro atoms. The van der Waals surface area contributed by atoms with Crippen LogP contribution in [0.2, 0.25) is 0 Å². The van der Waals surface area contributed by atoms with Crippen molar-refractivity contribution in [2.24, 2.45) is 0 Å². The molecular formula is C13H20O. The van der Waals surface area contributed by atoms with Crippen molar-refractivity contribution in [3.8, 4) is 5.75 Å². The fraction of sp³-hybridized carbons (Fsp3) is 0.538. The van der Waals surface area contributed by atoms with Crippen LogP contribution in [0, 0.1) is 6.92 Å². The Bertz CT molecular complexity index is 332. The Hall–Kier alpha value is -0.980. The van der Waals surface area contributed by atoms with Crippen LogP contribution in [0.3, 0.4) is 0 Å². The summed E-state index contributed by atoms with van der Waals surface area (Å²) in [5.74, 6) is 0.412. The SMILES string of the molecule is CCc1c(C(C)(C)C)ccc(O)c1C. The van der Waals surface area contributed by atoms with Crippen LogP contribution in [-0.2, 0) is 11.8 Å². The van der Waals surface area contributed by atoms with Crippen LogP contribution in [0.1, 0.15) is 44.4 Å². The number of rotatable bonds is 1. The first-order chi connectivity index (χ1) is 6.38. The van der Waals surface area contributed by atoms with Gasteiger partial charge in [-0.05, 0) is 41.5 Å². The molecule has 0 atom stereocenters. The topological polar surface area (TPSA) is 20.2 Å². The van der Waals surface area contributed by atoms with Gasteiger partial charge >= 0.3 is 0 Å². The number of hydrogen-bond donors (Lipinski definition) is 1. The van der Waals surface area contributed by atoms with E-state index in [2.05, 4.69) is 27.7 Å². The highest BCUT2D eigenvalue weighted by Gasteiger charge is 2.19. The second-order valence-corrected chi connectivity index (χ2v) is 4.84.